The molecule has 4 N–H and O–H groups in total. The summed E-state index contributed by atoms with van der Waals surface area (Å²) in [7, 11) is 0. The van der Waals surface area contributed by atoms with Crippen LogP contribution < -0.4 is 11.1 Å². The summed E-state index contributed by atoms with van der Waals surface area (Å²) < 4.78 is 0. The Balaban J connectivity index is 1.83. The SMILES string of the molecule is NCC1(NC(=O)c2cc3ccccc3[nH]2)CCCC1. The molecule has 0 atom stereocenters. The number of hydrogen-bond donors (Lipinski definition) is 3. The van der Waals surface area contributed by atoms with Crippen LogP contribution in [0.2, 0.25) is 0 Å². The topological polar surface area (TPSA) is 70.9 Å². The predicted octanol–water partition coefficient (Wildman–Crippen LogP) is 2.17. The zero-order valence-electron chi connectivity index (χ0n) is 10.9. The first-order valence-electron chi connectivity index (χ1n) is 6.83. The Labute approximate surface area is 112 Å². The lowest BCUT2D eigenvalue weighted by molar-refractivity contribution is 0.0899. The summed E-state index contributed by atoms with van der Waals surface area (Å²) in [5.41, 5.74) is 7.24. The second-order valence-corrected chi connectivity index (χ2v) is 5.42. The Hall–Kier alpha value is -1.81. The smallest absolute Gasteiger partial charge is 0.268 e. The van der Waals surface area contributed by atoms with Crippen molar-refractivity contribution in [2.45, 2.75) is 31.2 Å². The normalized spacial score (nSPS) is 17.7. The Bertz CT molecular complexity index is 563. The number of aromatic nitrogens is 1. The lowest BCUT2D eigenvalue weighted by Gasteiger charge is -2.28. The molecule has 1 aromatic heterocycles. The summed E-state index contributed by atoms with van der Waals surface area (Å²) in [4.78, 5) is 15.5. The van der Waals surface area contributed by atoms with Crippen molar-refractivity contribution >= 4 is 16.8 Å². The number of rotatable bonds is 3. The number of carbonyl (C=O) groups is 1. The van der Waals surface area contributed by atoms with Crippen LogP contribution >= 0.6 is 0 Å². The van der Waals surface area contributed by atoms with Gasteiger partial charge in [0.15, 0.2) is 0 Å². The van der Waals surface area contributed by atoms with Crippen LogP contribution in [0.5, 0.6) is 0 Å². The van der Waals surface area contributed by atoms with E-state index in [-0.39, 0.29) is 11.4 Å². The van der Waals surface area contributed by atoms with E-state index in [1.165, 1.54) is 0 Å². The van der Waals surface area contributed by atoms with Gasteiger partial charge in [-0.05, 0) is 25.0 Å². The van der Waals surface area contributed by atoms with Crippen LogP contribution in [0.25, 0.3) is 10.9 Å². The minimum Gasteiger partial charge on any atom is -0.351 e. The third kappa shape index (κ3) is 2.24. The Morgan fingerprint density at radius 3 is 2.74 bits per heavy atom. The van der Waals surface area contributed by atoms with Gasteiger partial charge in [0.2, 0.25) is 0 Å². The molecule has 4 nitrogen and oxygen atoms in total. The molecule has 1 fully saturated rings. The second-order valence-electron chi connectivity index (χ2n) is 5.42. The monoisotopic (exact) mass is 257 g/mol. The molecule has 0 spiro atoms. The van der Waals surface area contributed by atoms with Crippen molar-refractivity contribution in [1.29, 1.82) is 0 Å². The van der Waals surface area contributed by atoms with Crippen LogP contribution in [0, 0.1) is 0 Å². The number of nitrogens with two attached hydrogens (primary N) is 1. The van der Waals surface area contributed by atoms with E-state index in [1.54, 1.807) is 0 Å². The highest BCUT2D eigenvalue weighted by atomic mass is 16.2. The van der Waals surface area contributed by atoms with Crippen molar-refractivity contribution in [3.8, 4) is 0 Å². The van der Waals surface area contributed by atoms with Crippen molar-refractivity contribution in [2.75, 3.05) is 6.54 Å². The van der Waals surface area contributed by atoms with Crippen LogP contribution in [0.1, 0.15) is 36.2 Å². The van der Waals surface area contributed by atoms with Gasteiger partial charge in [-0.3, -0.25) is 4.79 Å². The molecule has 0 aliphatic heterocycles. The van der Waals surface area contributed by atoms with Crippen molar-refractivity contribution in [1.82, 2.24) is 10.3 Å². The lowest BCUT2D eigenvalue weighted by Crippen LogP contribution is -2.51. The minimum absolute atomic E-state index is 0.0523. The van der Waals surface area contributed by atoms with E-state index in [2.05, 4.69) is 10.3 Å². The summed E-state index contributed by atoms with van der Waals surface area (Å²) in [6.07, 6.45) is 4.25. The molecule has 1 aromatic carbocycles. The summed E-state index contributed by atoms with van der Waals surface area (Å²) in [5.74, 6) is -0.0523. The largest absolute Gasteiger partial charge is 0.351 e. The number of benzene rings is 1. The quantitative estimate of drug-likeness (QED) is 0.788. The molecule has 3 rings (SSSR count). The highest BCUT2D eigenvalue weighted by Crippen LogP contribution is 2.29. The molecule has 2 aromatic rings. The van der Waals surface area contributed by atoms with E-state index in [4.69, 9.17) is 5.73 Å². The maximum atomic E-state index is 12.3. The number of H-pyrrole nitrogens is 1. The Morgan fingerprint density at radius 2 is 2.05 bits per heavy atom. The molecule has 1 aliphatic carbocycles. The standard InChI is InChI=1S/C15H19N3O/c16-10-15(7-3-4-8-15)18-14(19)13-9-11-5-1-2-6-12(11)17-13/h1-2,5-6,9,17H,3-4,7-8,10,16H2,(H,18,19). The summed E-state index contributed by atoms with van der Waals surface area (Å²) >= 11 is 0. The zero-order valence-corrected chi connectivity index (χ0v) is 10.9. The Morgan fingerprint density at radius 1 is 1.32 bits per heavy atom. The van der Waals surface area contributed by atoms with E-state index in [0.29, 0.717) is 12.2 Å². The summed E-state index contributed by atoms with van der Waals surface area (Å²) in [6.45, 7) is 0.513. The molecule has 0 bridgehead atoms. The van der Waals surface area contributed by atoms with Crippen LogP contribution in [0.3, 0.4) is 0 Å². The lowest BCUT2D eigenvalue weighted by atomic mass is 9.97. The van der Waals surface area contributed by atoms with Crippen molar-refractivity contribution in [3.05, 3.63) is 36.0 Å². The number of carbonyl (C=O) groups excluding carboxylic acids is 1. The van der Waals surface area contributed by atoms with E-state index < -0.39 is 0 Å². The molecule has 19 heavy (non-hydrogen) atoms. The number of para-hydroxylation sites is 1. The van der Waals surface area contributed by atoms with Crippen molar-refractivity contribution in [2.24, 2.45) is 5.73 Å². The fraction of sp³-hybridized carbons (Fsp3) is 0.400. The number of fused-ring (bicyclic) bond motifs is 1. The molecular formula is C15H19N3O. The molecule has 0 unspecified atom stereocenters. The summed E-state index contributed by atoms with van der Waals surface area (Å²) in [5, 5.41) is 4.18. The van der Waals surface area contributed by atoms with Gasteiger partial charge in [-0.2, -0.15) is 0 Å². The van der Waals surface area contributed by atoms with E-state index in [1.807, 2.05) is 30.3 Å². The van der Waals surface area contributed by atoms with Gasteiger partial charge in [0.05, 0.1) is 5.54 Å². The van der Waals surface area contributed by atoms with Crippen molar-refractivity contribution < 1.29 is 4.79 Å². The maximum absolute atomic E-state index is 12.3. The van der Waals surface area contributed by atoms with Crippen LogP contribution in [-0.4, -0.2) is 23.0 Å². The number of amides is 1. The van der Waals surface area contributed by atoms with Gasteiger partial charge in [0, 0.05) is 17.4 Å². The van der Waals surface area contributed by atoms with Gasteiger partial charge in [-0.1, -0.05) is 31.0 Å². The first-order chi connectivity index (χ1) is 9.22. The van der Waals surface area contributed by atoms with Gasteiger partial charge in [-0.15, -0.1) is 0 Å². The molecule has 1 heterocycles. The number of hydrogen-bond acceptors (Lipinski definition) is 2. The highest BCUT2D eigenvalue weighted by molar-refractivity contribution is 5.98. The molecule has 1 saturated carbocycles. The molecule has 1 amide bonds. The van der Waals surface area contributed by atoms with Crippen LogP contribution in [-0.2, 0) is 0 Å². The third-order valence-corrected chi connectivity index (χ3v) is 4.10. The van der Waals surface area contributed by atoms with E-state index in [9.17, 15) is 4.79 Å². The van der Waals surface area contributed by atoms with Gasteiger partial charge in [0.25, 0.3) is 5.91 Å². The Kier molecular flexibility index (Phi) is 3.03. The molecule has 4 heteroatoms. The highest BCUT2D eigenvalue weighted by Gasteiger charge is 2.34. The molecule has 0 saturated heterocycles. The molecule has 1 aliphatic rings. The number of aromatic amines is 1. The minimum atomic E-state index is -0.200. The second kappa shape index (κ2) is 4.70. The van der Waals surface area contributed by atoms with Crippen molar-refractivity contribution in [3.63, 3.8) is 0 Å². The van der Waals surface area contributed by atoms with Gasteiger partial charge in [0.1, 0.15) is 5.69 Å². The first-order valence-corrected chi connectivity index (χ1v) is 6.83. The average Bonchev–Trinajstić information content (AvgIpc) is 3.05. The van der Waals surface area contributed by atoms with Gasteiger partial charge >= 0.3 is 0 Å². The summed E-state index contributed by atoms with van der Waals surface area (Å²) in [6, 6.07) is 9.79. The fourth-order valence-electron chi connectivity index (χ4n) is 2.94. The zero-order chi connectivity index (χ0) is 13.3. The van der Waals surface area contributed by atoms with Gasteiger partial charge < -0.3 is 16.0 Å². The number of nitrogens with one attached hydrogen (secondary N) is 2. The van der Waals surface area contributed by atoms with Crippen LogP contribution in [0.15, 0.2) is 30.3 Å². The first kappa shape index (κ1) is 12.2. The van der Waals surface area contributed by atoms with Crippen LogP contribution in [0.4, 0.5) is 0 Å². The maximum Gasteiger partial charge on any atom is 0.268 e. The van der Waals surface area contributed by atoms with Gasteiger partial charge in [-0.25, -0.2) is 0 Å². The van der Waals surface area contributed by atoms with E-state index in [0.717, 1.165) is 36.6 Å². The molecule has 100 valence electrons. The molecule has 0 radical (unpaired) electrons. The van der Waals surface area contributed by atoms with E-state index >= 15 is 0 Å². The third-order valence-electron chi connectivity index (χ3n) is 4.10. The predicted molar refractivity (Wildman–Crippen MR) is 76.0 cm³/mol. The average molecular weight is 257 g/mol. The fourth-order valence-corrected chi connectivity index (χ4v) is 2.94. The molecular weight excluding hydrogens is 238 g/mol.